The summed E-state index contributed by atoms with van der Waals surface area (Å²) in [5, 5.41) is 0. The molecule has 0 N–H and O–H groups in total. The molecule has 0 aromatic rings. The van der Waals surface area contributed by atoms with Gasteiger partial charge in [0.05, 0.1) is 5.92 Å². The fourth-order valence-electron chi connectivity index (χ4n) is 4.32. The SMILES string of the molecule is FC(F)(F)C1CCC(C2CCC3(CC2)CC3)CC1. The van der Waals surface area contributed by atoms with Crippen molar-refractivity contribution in [1.29, 1.82) is 0 Å². The van der Waals surface area contributed by atoms with Crippen LogP contribution in [0.15, 0.2) is 0 Å². The van der Waals surface area contributed by atoms with E-state index in [1.165, 1.54) is 38.5 Å². The minimum Gasteiger partial charge on any atom is -0.171 e. The van der Waals surface area contributed by atoms with E-state index in [0.29, 0.717) is 24.2 Å². The molecule has 0 unspecified atom stereocenters. The Bertz CT molecular complexity index is 285. The molecule has 0 heterocycles. The molecule has 0 aliphatic heterocycles. The molecule has 1 spiro atoms. The molecule has 3 fully saturated rings. The zero-order chi connectivity index (χ0) is 12.8. The Kier molecular flexibility index (Phi) is 3.14. The van der Waals surface area contributed by atoms with Crippen LogP contribution in [0.1, 0.15) is 64.2 Å². The lowest BCUT2D eigenvalue weighted by Crippen LogP contribution is -2.31. The van der Waals surface area contributed by atoms with Crippen molar-refractivity contribution in [2.75, 3.05) is 0 Å². The smallest absolute Gasteiger partial charge is 0.171 e. The molecule has 18 heavy (non-hydrogen) atoms. The van der Waals surface area contributed by atoms with Gasteiger partial charge in [0.1, 0.15) is 0 Å². The van der Waals surface area contributed by atoms with E-state index in [1.807, 2.05) is 0 Å². The topological polar surface area (TPSA) is 0 Å². The van der Waals surface area contributed by atoms with E-state index in [0.717, 1.165) is 18.8 Å². The summed E-state index contributed by atoms with van der Waals surface area (Å²) >= 11 is 0. The third kappa shape index (κ3) is 2.55. The fourth-order valence-corrected chi connectivity index (χ4v) is 4.32. The Morgan fingerprint density at radius 2 is 1.17 bits per heavy atom. The van der Waals surface area contributed by atoms with Gasteiger partial charge in [-0.1, -0.05) is 0 Å². The number of alkyl halides is 3. The third-order valence-corrected chi connectivity index (χ3v) is 5.95. The molecular weight excluding hydrogens is 237 g/mol. The Labute approximate surface area is 107 Å². The summed E-state index contributed by atoms with van der Waals surface area (Å²) in [6, 6.07) is 0. The minimum absolute atomic E-state index is 0.385. The largest absolute Gasteiger partial charge is 0.391 e. The van der Waals surface area contributed by atoms with Crippen molar-refractivity contribution < 1.29 is 13.2 Å². The average Bonchev–Trinajstić information content (AvgIpc) is 3.09. The Morgan fingerprint density at radius 3 is 1.61 bits per heavy atom. The second-order valence-corrected chi connectivity index (χ2v) is 6.99. The lowest BCUT2D eigenvalue weighted by Gasteiger charge is -2.38. The maximum atomic E-state index is 12.6. The summed E-state index contributed by atoms with van der Waals surface area (Å²) in [6.07, 6.45) is 6.60. The number of hydrogen-bond donors (Lipinski definition) is 0. The Hall–Kier alpha value is -0.210. The van der Waals surface area contributed by atoms with Crippen molar-refractivity contribution in [3.63, 3.8) is 0 Å². The first-order valence-electron chi connectivity index (χ1n) is 7.55. The van der Waals surface area contributed by atoms with Crippen molar-refractivity contribution in [1.82, 2.24) is 0 Å². The quantitative estimate of drug-likeness (QED) is 0.598. The van der Waals surface area contributed by atoms with Gasteiger partial charge in [-0.3, -0.25) is 0 Å². The summed E-state index contributed by atoms with van der Waals surface area (Å²) < 4.78 is 37.9. The molecule has 0 radical (unpaired) electrons. The summed E-state index contributed by atoms with van der Waals surface area (Å²) in [7, 11) is 0. The van der Waals surface area contributed by atoms with Gasteiger partial charge in [-0.15, -0.1) is 0 Å². The van der Waals surface area contributed by atoms with Crippen LogP contribution in [0, 0.1) is 23.2 Å². The number of hydrogen-bond acceptors (Lipinski definition) is 0. The van der Waals surface area contributed by atoms with E-state index in [-0.39, 0.29) is 0 Å². The second kappa shape index (κ2) is 4.42. The van der Waals surface area contributed by atoms with E-state index in [2.05, 4.69) is 0 Å². The molecule has 3 saturated carbocycles. The molecule has 0 atom stereocenters. The molecule has 0 aromatic heterocycles. The standard InChI is InChI=1S/C15H23F3/c16-15(17,18)13-3-1-11(2-4-13)12-5-7-14(8-6-12)9-10-14/h11-13H,1-10H2. The van der Waals surface area contributed by atoms with Crippen LogP contribution in [0.2, 0.25) is 0 Å². The van der Waals surface area contributed by atoms with E-state index in [9.17, 15) is 13.2 Å². The van der Waals surface area contributed by atoms with E-state index in [1.54, 1.807) is 0 Å². The molecule has 0 amide bonds. The molecule has 3 rings (SSSR count). The van der Waals surface area contributed by atoms with Crippen LogP contribution >= 0.6 is 0 Å². The summed E-state index contributed by atoms with van der Waals surface area (Å²) in [5.74, 6) is 0.331. The van der Waals surface area contributed by atoms with Gasteiger partial charge < -0.3 is 0 Å². The predicted molar refractivity (Wildman–Crippen MR) is 65.1 cm³/mol. The van der Waals surface area contributed by atoms with E-state index < -0.39 is 12.1 Å². The van der Waals surface area contributed by atoms with Gasteiger partial charge in [-0.2, -0.15) is 13.2 Å². The molecule has 0 bridgehead atoms. The van der Waals surface area contributed by atoms with Gasteiger partial charge in [0, 0.05) is 0 Å². The van der Waals surface area contributed by atoms with Crippen molar-refractivity contribution >= 4 is 0 Å². The molecular formula is C15H23F3. The van der Waals surface area contributed by atoms with Crippen LogP contribution in [-0.4, -0.2) is 6.18 Å². The third-order valence-electron chi connectivity index (χ3n) is 5.95. The second-order valence-electron chi connectivity index (χ2n) is 6.99. The van der Waals surface area contributed by atoms with Crippen LogP contribution in [-0.2, 0) is 0 Å². The molecule has 0 aromatic carbocycles. The predicted octanol–water partition coefficient (Wildman–Crippen LogP) is 5.33. The lowest BCUT2D eigenvalue weighted by atomic mass is 9.68. The van der Waals surface area contributed by atoms with Crippen molar-refractivity contribution in [3.8, 4) is 0 Å². The maximum absolute atomic E-state index is 12.6. The summed E-state index contributed by atoms with van der Waals surface area (Å²) in [4.78, 5) is 0. The molecule has 3 heteroatoms. The van der Waals surface area contributed by atoms with Gasteiger partial charge in [-0.25, -0.2) is 0 Å². The first-order valence-corrected chi connectivity index (χ1v) is 7.55. The normalized spacial score (nSPS) is 36.8. The molecule has 3 aliphatic carbocycles. The first kappa shape index (κ1) is 12.8. The zero-order valence-electron chi connectivity index (χ0n) is 10.9. The highest BCUT2D eigenvalue weighted by Gasteiger charge is 2.47. The van der Waals surface area contributed by atoms with Gasteiger partial charge in [0.2, 0.25) is 0 Å². The van der Waals surface area contributed by atoms with Crippen LogP contribution in [0.4, 0.5) is 13.2 Å². The van der Waals surface area contributed by atoms with Crippen LogP contribution in [0.3, 0.4) is 0 Å². The summed E-state index contributed by atoms with van der Waals surface area (Å²) in [5.41, 5.74) is 0.708. The summed E-state index contributed by atoms with van der Waals surface area (Å²) in [6.45, 7) is 0. The number of rotatable bonds is 1. The molecule has 0 nitrogen and oxygen atoms in total. The van der Waals surface area contributed by atoms with Crippen molar-refractivity contribution in [2.24, 2.45) is 23.2 Å². The van der Waals surface area contributed by atoms with E-state index in [4.69, 9.17) is 0 Å². The van der Waals surface area contributed by atoms with E-state index >= 15 is 0 Å². The first-order chi connectivity index (χ1) is 8.49. The van der Waals surface area contributed by atoms with Gasteiger partial charge in [0.15, 0.2) is 0 Å². The van der Waals surface area contributed by atoms with Crippen molar-refractivity contribution in [3.05, 3.63) is 0 Å². The molecule has 0 saturated heterocycles. The lowest BCUT2D eigenvalue weighted by molar-refractivity contribution is -0.185. The fraction of sp³-hybridized carbons (Fsp3) is 1.00. The monoisotopic (exact) mass is 260 g/mol. The Balaban J connectivity index is 1.48. The highest BCUT2D eigenvalue weighted by molar-refractivity contribution is 4.97. The molecule has 3 aliphatic rings. The minimum atomic E-state index is -3.95. The van der Waals surface area contributed by atoms with Crippen LogP contribution < -0.4 is 0 Å². The highest BCUT2D eigenvalue weighted by Crippen LogP contribution is 2.58. The van der Waals surface area contributed by atoms with Crippen LogP contribution in [0.5, 0.6) is 0 Å². The zero-order valence-corrected chi connectivity index (χ0v) is 10.9. The van der Waals surface area contributed by atoms with Gasteiger partial charge in [0.25, 0.3) is 0 Å². The van der Waals surface area contributed by atoms with Crippen LogP contribution in [0.25, 0.3) is 0 Å². The number of halogens is 3. The molecule has 104 valence electrons. The highest BCUT2D eigenvalue weighted by atomic mass is 19.4. The maximum Gasteiger partial charge on any atom is 0.391 e. The average molecular weight is 260 g/mol. The van der Waals surface area contributed by atoms with Crippen molar-refractivity contribution in [2.45, 2.75) is 70.4 Å². The van der Waals surface area contributed by atoms with Gasteiger partial charge >= 0.3 is 6.18 Å². The van der Waals surface area contributed by atoms with Gasteiger partial charge in [-0.05, 0) is 81.5 Å². The Morgan fingerprint density at radius 1 is 0.667 bits per heavy atom.